The molecule has 0 aromatic heterocycles. The molecule has 0 saturated heterocycles. The summed E-state index contributed by atoms with van der Waals surface area (Å²) in [5, 5.41) is 7.42. The van der Waals surface area contributed by atoms with Crippen LogP contribution in [0.5, 0.6) is 0 Å². The Morgan fingerprint density at radius 2 is 1.21 bits per heavy atom. The predicted molar refractivity (Wildman–Crippen MR) is 65.7 cm³/mol. The zero-order valence-electron chi connectivity index (χ0n) is 10.0. The van der Waals surface area contributed by atoms with Gasteiger partial charge in [0.15, 0.2) is 0 Å². The molecule has 86 valence electrons. The Kier molecular flexibility index (Phi) is 15.1. The molecule has 0 aromatic rings. The molecule has 0 aliphatic heterocycles. The molecule has 0 saturated carbocycles. The van der Waals surface area contributed by atoms with Gasteiger partial charge in [0.25, 0.3) is 5.97 Å². The number of carboxylic acids is 1. The predicted octanol–water partition coefficient (Wildman–Crippen LogP) is 3.79. The Morgan fingerprint density at radius 3 is 1.36 bits per heavy atom. The van der Waals surface area contributed by atoms with Gasteiger partial charge in [-0.25, -0.2) is 0 Å². The number of aliphatic carboxylic acids is 1. The van der Waals surface area contributed by atoms with Gasteiger partial charge in [-0.3, -0.25) is 4.79 Å². The SMILES string of the molecule is CC(=O)O.CCCP(CCC)CCC. The van der Waals surface area contributed by atoms with Crippen LogP contribution < -0.4 is 0 Å². The zero-order chi connectivity index (χ0) is 11.4. The van der Waals surface area contributed by atoms with E-state index >= 15 is 0 Å². The van der Waals surface area contributed by atoms with Crippen molar-refractivity contribution in [3.8, 4) is 0 Å². The van der Waals surface area contributed by atoms with Crippen molar-refractivity contribution in [2.75, 3.05) is 18.5 Å². The molecule has 0 heterocycles. The summed E-state index contributed by atoms with van der Waals surface area (Å²) in [4.78, 5) is 9.00. The molecule has 0 unspecified atom stereocenters. The summed E-state index contributed by atoms with van der Waals surface area (Å²) in [6, 6.07) is 0. The van der Waals surface area contributed by atoms with E-state index in [4.69, 9.17) is 9.90 Å². The second kappa shape index (κ2) is 12.9. The monoisotopic (exact) mass is 220 g/mol. The highest BCUT2D eigenvalue weighted by Gasteiger charge is 2.02. The van der Waals surface area contributed by atoms with E-state index in [1.807, 2.05) is 0 Å². The van der Waals surface area contributed by atoms with Crippen LogP contribution in [-0.2, 0) is 4.79 Å². The average molecular weight is 220 g/mol. The van der Waals surface area contributed by atoms with Gasteiger partial charge in [-0.05, 0) is 18.5 Å². The zero-order valence-corrected chi connectivity index (χ0v) is 10.9. The van der Waals surface area contributed by atoms with Gasteiger partial charge >= 0.3 is 0 Å². The van der Waals surface area contributed by atoms with Crippen LogP contribution in [0.4, 0.5) is 0 Å². The topological polar surface area (TPSA) is 37.3 Å². The van der Waals surface area contributed by atoms with Crippen molar-refractivity contribution in [2.24, 2.45) is 0 Å². The van der Waals surface area contributed by atoms with Gasteiger partial charge in [0.2, 0.25) is 0 Å². The number of hydrogen-bond donors (Lipinski definition) is 1. The third-order valence-corrected chi connectivity index (χ3v) is 4.86. The highest BCUT2D eigenvalue weighted by molar-refractivity contribution is 7.57. The van der Waals surface area contributed by atoms with E-state index in [-0.39, 0.29) is 0 Å². The van der Waals surface area contributed by atoms with Crippen molar-refractivity contribution in [3.05, 3.63) is 0 Å². The first-order valence-corrected chi connectivity index (χ1v) is 7.40. The van der Waals surface area contributed by atoms with Crippen molar-refractivity contribution in [1.29, 1.82) is 0 Å². The van der Waals surface area contributed by atoms with Crippen LogP contribution in [0.25, 0.3) is 0 Å². The largest absolute Gasteiger partial charge is 0.481 e. The van der Waals surface area contributed by atoms with Gasteiger partial charge in [0.05, 0.1) is 0 Å². The van der Waals surface area contributed by atoms with Gasteiger partial charge in [-0.15, -0.1) is 7.92 Å². The Balaban J connectivity index is 0. The van der Waals surface area contributed by atoms with Crippen LogP contribution in [0.3, 0.4) is 0 Å². The lowest BCUT2D eigenvalue weighted by atomic mass is 10.6. The fraction of sp³-hybridized carbons (Fsp3) is 0.909. The van der Waals surface area contributed by atoms with Crippen LogP contribution in [0.1, 0.15) is 47.0 Å². The molecular formula is C11H25O2P. The molecule has 2 nitrogen and oxygen atoms in total. The molecular weight excluding hydrogens is 195 g/mol. The second-order valence-corrected chi connectivity index (χ2v) is 6.04. The van der Waals surface area contributed by atoms with Crippen molar-refractivity contribution < 1.29 is 9.90 Å². The third kappa shape index (κ3) is 17.8. The smallest absolute Gasteiger partial charge is 0.300 e. The molecule has 0 radical (unpaired) electrons. The number of carboxylic acid groups (broad SMARTS) is 1. The molecule has 0 rings (SSSR count). The van der Waals surface area contributed by atoms with E-state index in [0.717, 1.165) is 6.92 Å². The van der Waals surface area contributed by atoms with Crippen LogP contribution in [-0.4, -0.2) is 29.6 Å². The normalized spacial score (nSPS) is 9.50. The molecule has 0 aliphatic carbocycles. The average Bonchev–Trinajstić information content (AvgIpc) is 2.04. The molecule has 14 heavy (non-hydrogen) atoms. The maximum Gasteiger partial charge on any atom is 0.300 e. The fourth-order valence-electron chi connectivity index (χ4n) is 1.28. The summed E-state index contributed by atoms with van der Waals surface area (Å²) in [7, 11) is 0.439. The minimum absolute atomic E-state index is 0.439. The Labute approximate surface area is 89.8 Å². The maximum absolute atomic E-state index is 9.00. The number of carbonyl (C=O) groups is 1. The Morgan fingerprint density at radius 1 is 1.00 bits per heavy atom. The fourth-order valence-corrected chi connectivity index (χ4v) is 3.85. The van der Waals surface area contributed by atoms with Crippen molar-refractivity contribution in [3.63, 3.8) is 0 Å². The minimum Gasteiger partial charge on any atom is -0.481 e. The van der Waals surface area contributed by atoms with Crippen molar-refractivity contribution in [2.45, 2.75) is 47.0 Å². The quantitative estimate of drug-likeness (QED) is 0.691. The van der Waals surface area contributed by atoms with Gasteiger partial charge in [0, 0.05) is 6.92 Å². The first kappa shape index (κ1) is 16.3. The minimum atomic E-state index is -0.833. The maximum atomic E-state index is 9.00. The first-order valence-electron chi connectivity index (χ1n) is 5.50. The Hall–Kier alpha value is -0.100. The lowest BCUT2D eigenvalue weighted by molar-refractivity contribution is -0.134. The number of hydrogen-bond acceptors (Lipinski definition) is 1. The van der Waals surface area contributed by atoms with E-state index < -0.39 is 5.97 Å². The van der Waals surface area contributed by atoms with E-state index in [1.165, 1.54) is 37.7 Å². The summed E-state index contributed by atoms with van der Waals surface area (Å²) in [5.74, 6) is -0.833. The molecule has 0 aromatic carbocycles. The summed E-state index contributed by atoms with van der Waals surface area (Å²) >= 11 is 0. The first-order chi connectivity index (χ1) is 6.58. The second-order valence-electron chi connectivity index (χ2n) is 3.36. The molecule has 3 heteroatoms. The van der Waals surface area contributed by atoms with Gasteiger partial charge in [0.1, 0.15) is 0 Å². The van der Waals surface area contributed by atoms with Gasteiger partial charge in [-0.2, -0.15) is 0 Å². The highest BCUT2D eigenvalue weighted by atomic mass is 31.1. The lowest BCUT2D eigenvalue weighted by Gasteiger charge is -2.13. The summed E-state index contributed by atoms with van der Waals surface area (Å²) in [6.45, 7) is 8.00. The molecule has 0 amide bonds. The number of rotatable bonds is 6. The van der Waals surface area contributed by atoms with E-state index in [1.54, 1.807) is 0 Å². The van der Waals surface area contributed by atoms with E-state index in [2.05, 4.69) is 20.8 Å². The van der Waals surface area contributed by atoms with Crippen LogP contribution in [0, 0.1) is 0 Å². The van der Waals surface area contributed by atoms with Crippen LogP contribution in [0.2, 0.25) is 0 Å². The lowest BCUT2D eigenvalue weighted by Crippen LogP contribution is -1.92. The standard InChI is InChI=1S/C9H21P.C2H4O2/c1-4-7-10(8-5-2)9-6-3;1-2(3)4/h4-9H2,1-3H3;1H3,(H,3,4). The van der Waals surface area contributed by atoms with Crippen LogP contribution >= 0.6 is 7.92 Å². The highest BCUT2D eigenvalue weighted by Crippen LogP contribution is 2.37. The van der Waals surface area contributed by atoms with Gasteiger partial charge in [-0.1, -0.05) is 40.0 Å². The summed E-state index contributed by atoms with van der Waals surface area (Å²) in [6.07, 6.45) is 8.72. The molecule has 1 N–H and O–H groups in total. The Bertz CT molecular complexity index is 108. The molecule has 0 aliphatic rings. The van der Waals surface area contributed by atoms with Crippen molar-refractivity contribution >= 4 is 13.9 Å². The summed E-state index contributed by atoms with van der Waals surface area (Å²) < 4.78 is 0. The van der Waals surface area contributed by atoms with Crippen molar-refractivity contribution in [1.82, 2.24) is 0 Å². The molecule has 0 bridgehead atoms. The van der Waals surface area contributed by atoms with E-state index in [9.17, 15) is 0 Å². The molecule has 0 atom stereocenters. The summed E-state index contributed by atoms with van der Waals surface area (Å²) in [5.41, 5.74) is 0. The van der Waals surface area contributed by atoms with Crippen LogP contribution in [0.15, 0.2) is 0 Å². The molecule has 0 spiro atoms. The van der Waals surface area contributed by atoms with Gasteiger partial charge < -0.3 is 5.11 Å². The molecule has 0 fully saturated rings. The van der Waals surface area contributed by atoms with E-state index in [0.29, 0.717) is 7.92 Å². The third-order valence-electron chi connectivity index (χ3n) is 1.62.